The molecular formula is C14H19NO2. The molecule has 0 bridgehead atoms. The number of carbonyl (C=O) groups excluding carboxylic acids is 1. The lowest BCUT2D eigenvalue weighted by Crippen LogP contribution is -2.39. The first kappa shape index (κ1) is 12.0. The molecule has 0 saturated heterocycles. The van der Waals surface area contributed by atoms with Gasteiger partial charge < -0.3 is 10.1 Å². The molecule has 1 aliphatic rings. The highest BCUT2D eigenvalue weighted by Gasteiger charge is 2.27. The van der Waals surface area contributed by atoms with E-state index in [1.54, 1.807) is 0 Å². The normalized spacial score (nSPS) is 24.1. The maximum absolute atomic E-state index is 11.1. The van der Waals surface area contributed by atoms with Crippen LogP contribution >= 0.6 is 0 Å². The first-order valence-electron chi connectivity index (χ1n) is 6.24. The summed E-state index contributed by atoms with van der Waals surface area (Å²) in [6.45, 7) is 1.48. The minimum absolute atomic E-state index is 0.0152. The van der Waals surface area contributed by atoms with Crippen molar-refractivity contribution in [2.45, 2.75) is 44.8 Å². The fourth-order valence-corrected chi connectivity index (χ4v) is 2.36. The van der Waals surface area contributed by atoms with Gasteiger partial charge in [0.05, 0.1) is 6.04 Å². The van der Waals surface area contributed by atoms with E-state index in [0.717, 1.165) is 24.9 Å². The standard InChI is InChI=1S/C14H19NO2/c1-11(16)17-14-10-6-5-9-13(14)15-12-7-3-2-4-8-12/h2-4,7-8,13-15H,5-6,9-10H2,1H3/t13-,14-/m1/s1. The summed E-state index contributed by atoms with van der Waals surface area (Å²) in [5.41, 5.74) is 1.09. The number of benzene rings is 1. The summed E-state index contributed by atoms with van der Waals surface area (Å²) in [7, 11) is 0. The van der Waals surface area contributed by atoms with Gasteiger partial charge in [-0.2, -0.15) is 0 Å². The zero-order chi connectivity index (χ0) is 12.1. The molecule has 92 valence electrons. The van der Waals surface area contributed by atoms with E-state index in [9.17, 15) is 4.79 Å². The number of hydrogen-bond acceptors (Lipinski definition) is 3. The van der Waals surface area contributed by atoms with Crippen molar-refractivity contribution in [3.05, 3.63) is 30.3 Å². The molecular weight excluding hydrogens is 214 g/mol. The van der Waals surface area contributed by atoms with E-state index in [1.165, 1.54) is 13.3 Å². The Balaban J connectivity index is 1.99. The molecule has 0 heterocycles. The molecule has 1 N–H and O–H groups in total. The molecule has 3 nitrogen and oxygen atoms in total. The van der Waals surface area contributed by atoms with E-state index in [1.807, 2.05) is 30.3 Å². The first-order chi connectivity index (χ1) is 8.25. The molecule has 1 fully saturated rings. The van der Waals surface area contributed by atoms with Crippen LogP contribution in [0.5, 0.6) is 0 Å². The van der Waals surface area contributed by atoms with Crippen LogP contribution in [0, 0.1) is 0 Å². The third kappa shape index (κ3) is 3.48. The van der Waals surface area contributed by atoms with Crippen molar-refractivity contribution >= 4 is 11.7 Å². The fraction of sp³-hybridized carbons (Fsp3) is 0.500. The van der Waals surface area contributed by atoms with Crippen LogP contribution in [0.4, 0.5) is 5.69 Å². The molecule has 2 rings (SSSR count). The van der Waals surface area contributed by atoms with Crippen molar-refractivity contribution in [2.75, 3.05) is 5.32 Å². The summed E-state index contributed by atoms with van der Waals surface area (Å²) >= 11 is 0. The predicted octanol–water partition coefficient (Wildman–Crippen LogP) is 2.97. The second-order valence-electron chi connectivity index (χ2n) is 4.55. The number of anilines is 1. The third-order valence-corrected chi connectivity index (χ3v) is 3.15. The Kier molecular flexibility index (Phi) is 4.02. The van der Waals surface area contributed by atoms with Crippen molar-refractivity contribution < 1.29 is 9.53 Å². The number of para-hydroxylation sites is 1. The number of rotatable bonds is 3. The van der Waals surface area contributed by atoms with Gasteiger partial charge in [0.1, 0.15) is 6.10 Å². The minimum atomic E-state index is -0.184. The Bertz CT molecular complexity index is 364. The maximum Gasteiger partial charge on any atom is 0.302 e. The number of hydrogen-bond donors (Lipinski definition) is 1. The molecule has 2 atom stereocenters. The average Bonchev–Trinajstić information content (AvgIpc) is 2.32. The van der Waals surface area contributed by atoms with Gasteiger partial charge in [-0.1, -0.05) is 24.6 Å². The van der Waals surface area contributed by atoms with Crippen molar-refractivity contribution in [1.29, 1.82) is 0 Å². The van der Waals surface area contributed by atoms with Crippen molar-refractivity contribution in [3.8, 4) is 0 Å². The average molecular weight is 233 g/mol. The van der Waals surface area contributed by atoms with Crippen molar-refractivity contribution in [3.63, 3.8) is 0 Å². The number of carbonyl (C=O) groups is 1. The third-order valence-electron chi connectivity index (χ3n) is 3.15. The second kappa shape index (κ2) is 5.71. The zero-order valence-electron chi connectivity index (χ0n) is 10.2. The van der Waals surface area contributed by atoms with Crippen LogP contribution in [0.15, 0.2) is 30.3 Å². The summed E-state index contributed by atoms with van der Waals surface area (Å²) in [5.74, 6) is -0.184. The smallest absolute Gasteiger partial charge is 0.302 e. The molecule has 0 unspecified atom stereocenters. The van der Waals surface area contributed by atoms with Crippen LogP contribution in [-0.4, -0.2) is 18.1 Å². The van der Waals surface area contributed by atoms with Gasteiger partial charge in [-0.3, -0.25) is 4.79 Å². The Hall–Kier alpha value is -1.51. The Morgan fingerprint density at radius 1 is 1.24 bits per heavy atom. The van der Waals surface area contributed by atoms with E-state index in [4.69, 9.17) is 4.74 Å². The fourth-order valence-electron chi connectivity index (χ4n) is 2.36. The van der Waals surface area contributed by atoms with Gasteiger partial charge in [0.25, 0.3) is 0 Å². The predicted molar refractivity (Wildman–Crippen MR) is 67.9 cm³/mol. The SMILES string of the molecule is CC(=O)O[C@@H]1CCCC[C@H]1Nc1ccccc1. The van der Waals surface area contributed by atoms with Gasteiger partial charge in [0, 0.05) is 12.6 Å². The highest BCUT2D eigenvalue weighted by molar-refractivity contribution is 5.66. The molecule has 0 aliphatic heterocycles. The van der Waals surface area contributed by atoms with Gasteiger partial charge in [0.2, 0.25) is 0 Å². The Morgan fingerprint density at radius 3 is 2.65 bits per heavy atom. The van der Waals surface area contributed by atoms with E-state index >= 15 is 0 Å². The summed E-state index contributed by atoms with van der Waals surface area (Å²) in [6.07, 6.45) is 4.38. The Labute approximate surface area is 102 Å². The molecule has 0 spiro atoms. The highest BCUT2D eigenvalue weighted by Crippen LogP contribution is 2.24. The largest absolute Gasteiger partial charge is 0.460 e. The van der Waals surface area contributed by atoms with Crippen LogP contribution in [0.1, 0.15) is 32.6 Å². The summed E-state index contributed by atoms with van der Waals surface area (Å²) in [6, 6.07) is 10.3. The van der Waals surface area contributed by atoms with Gasteiger partial charge in [0.15, 0.2) is 0 Å². The molecule has 1 aromatic rings. The zero-order valence-corrected chi connectivity index (χ0v) is 10.2. The minimum Gasteiger partial charge on any atom is -0.460 e. The molecule has 0 amide bonds. The highest BCUT2D eigenvalue weighted by atomic mass is 16.5. The molecule has 0 aromatic heterocycles. The van der Waals surface area contributed by atoms with E-state index in [2.05, 4.69) is 5.32 Å². The van der Waals surface area contributed by atoms with Crippen LogP contribution in [0.25, 0.3) is 0 Å². The van der Waals surface area contributed by atoms with Crippen LogP contribution in [-0.2, 0) is 9.53 Å². The molecule has 1 saturated carbocycles. The second-order valence-corrected chi connectivity index (χ2v) is 4.55. The first-order valence-corrected chi connectivity index (χ1v) is 6.24. The lowest BCUT2D eigenvalue weighted by Gasteiger charge is -2.32. The Morgan fingerprint density at radius 2 is 1.94 bits per heavy atom. The number of nitrogens with one attached hydrogen (secondary N) is 1. The summed E-state index contributed by atoms with van der Waals surface area (Å²) in [4.78, 5) is 11.1. The van der Waals surface area contributed by atoms with Gasteiger partial charge >= 0.3 is 5.97 Å². The lowest BCUT2D eigenvalue weighted by atomic mass is 9.92. The van der Waals surface area contributed by atoms with Crippen molar-refractivity contribution in [2.24, 2.45) is 0 Å². The van der Waals surface area contributed by atoms with E-state index in [-0.39, 0.29) is 18.1 Å². The van der Waals surface area contributed by atoms with Gasteiger partial charge in [-0.15, -0.1) is 0 Å². The quantitative estimate of drug-likeness (QED) is 0.816. The molecule has 1 aromatic carbocycles. The monoisotopic (exact) mass is 233 g/mol. The topological polar surface area (TPSA) is 38.3 Å². The summed E-state index contributed by atoms with van der Waals surface area (Å²) in [5, 5.41) is 3.46. The van der Waals surface area contributed by atoms with Crippen LogP contribution in [0.2, 0.25) is 0 Å². The van der Waals surface area contributed by atoms with E-state index in [0.29, 0.717) is 0 Å². The molecule has 1 aliphatic carbocycles. The van der Waals surface area contributed by atoms with Gasteiger partial charge in [-0.25, -0.2) is 0 Å². The maximum atomic E-state index is 11.1. The van der Waals surface area contributed by atoms with E-state index < -0.39 is 0 Å². The molecule has 17 heavy (non-hydrogen) atoms. The van der Waals surface area contributed by atoms with Crippen molar-refractivity contribution in [1.82, 2.24) is 0 Å². The summed E-state index contributed by atoms with van der Waals surface area (Å²) < 4.78 is 5.37. The number of esters is 1. The number of ether oxygens (including phenoxy) is 1. The van der Waals surface area contributed by atoms with Crippen LogP contribution in [0.3, 0.4) is 0 Å². The lowest BCUT2D eigenvalue weighted by molar-refractivity contribution is -0.148. The van der Waals surface area contributed by atoms with Gasteiger partial charge in [-0.05, 0) is 31.4 Å². The molecule has 3 heteroatoms. The molecule has 0 radical (unpaired) electrons. The van der Waals surface area contributed by atoms with Crippen LogP contribution < -0.4 is 5.32 Å².